The van der Waals surface area contributed by atoms with Gasteiger partial charge in [-0.3, -0.25) is 0 Å². The number of carboxylic acid groups (broad SMARTS) is 2. The van der Waals surface area contributed by atoms with Crippen molar-refractivity contribution in [2.24, 2.45) is 0 Å². The topological polar surface area (TPSA) is 77.8 Å². The first-order chi connectivity index (χ1) is 11.1. The van der Waals surface area contributed by atoms with Gasteiger partial charge < -0.3 is 15.3 Å². The van der Waals surface area contributed by atoms with Gasteiger partial charge in [0.25, 0.3) is 0 Å². The van der Waals surface area contributed by atoms with Crippen molar-refractivity contribution in [2.75, 3.05) is 6.61 Å². The van der Waals surface area contributed by atoms with Crippen LogP contribution in [0.1, 0.15) is 96.8 Å². The summed E-state index contributed by atoms with van der Waals surface area (Å²) in [6.07, 6.45) is 21.4. The number of allylic oxidation sites excluding steroid dienone is 2. The van der Waals surface area contributed by atoms with Gasteiger partial charge in [0.2, 0.25) is 0 Å². The summed E-state index contributed by atoms with van der Waals surface area (Å²) < 4.78 is 0. The highest BCUT2D eigenvalue weighted by Gasteiger charge is 1.90. The summed E-state index contributed by atoms with van der Waals surface area (Å²) in [5, 5.41) is 22.6. The summed E-state index contributed by atoms with van der Waals surface area (Å²) >= 11 is 0. The van der Waals surface area contributed by atoms with Crippen LogP contribution in [0.4, 0.5) is 4.79 Å². The van der Waals surface area contributed by atoms with E-state index in [1.165, 1.54) is 83.5 Å². The van der Waals surface area contributed by atoms with Crippen LogP contribution in [0.25, 0.3) is 0 Å². The van der Waals surface area contributed by atoms with Gasteiger partial charge in [0.15, 0.2) is 0 Å². The molecule has 3 N–H and O–H groups in total. The second kappa shape index (κ2) is 23.2. The molecule has 0 saturated heterocycles. The van der Waals surface area contributed by atoms with Gasteiger partial charge in [-0.25, -0.2) is 4.79 Å². The quantitative estimate of drug-likeness (QED) is 0.245. The summed E-state index contributed by atoms with van der Waals surface area (Å²) in [6.45, 7) is 2.64. The Balaban J connectivity index is 0. The predicted molar refractivity (Wildman–Crippen MR) is 97.2 cm³/mol. The molecular formula is C19H38O4. The zero-order chi connectivity index (χ0) is 17.6. The highest BCUT2D eigenvalue weighted by atomic mass is 16.6. The van der Waals surface area contributed by atoms with Crippen LogP contribution in [0.2, 0.25) is 0 Å². The molecule has 0 aliphatic carbocycles. The molecule has 0 aliphatic heterocycles. The summed E-state index contributed by atoms with van der Waals surface area (Å²) in [5.74, 6) is 0. The van der Waals surface area contributed by atoms with E-state index < -0.39 is 6.16 Å². The monoisotopic (exact) mass is 330 g/mol. The van der Waals surface area contributed by atoms with Crippen LogP contribution < -0.4 is 0 Å². The highest BCUT2D eigenvalue weighted by Crippen LogP contribution is 2.09. The average Bonchev–Trinajstić information content (AvgIpc) is 2.50. The molecule has 138 valence electrons. The first-order valence-electron chi connectivity index (χ1n) is 9.32. The largest absolute Gasteiger partial charge is 0.503 e. The van der Waals surface area contributed by atoms with E-state index in [0.717, 1.165) is 6.42 Å². The van der Waals surface area contributed by atoms with Crippen molar-refractivity contribution < 1.29 is 20.1 Å². The number of aliphatic hydroxyl groups excluding tert-OH is 1. The molecule has 23 heavy (non-hydrogen) atoms. The van der Waals surface area contributed by atoms with Crippen molar-refractivity contribution in [1.82, 2.24) is 0 Å². The maximum Gasteiger partial charge on any atom is 0.503 e. The SMILES string of the molecule is CCCCCCCC/C=C\CCCCCCCCO.O=C(O)O. The smallest absolute Gasteiger partial charge is 0.450 e. The standard InChI is InChI=1S/C18H36O.CH2O3/c1-2-3-4-5-6-7-8-9-10-11-12-13-14-15-16-17-18-19;2-1(3)4/h9-10,19H,2-8,11-18H2,1H3;(H2,2,3,4)/b10-9-;. The lowest BCUT2D eigenvalue weighted by molar-refractivity contribution is 0.137. The van der Waals surface area contributed by atoms with Gasteiger partial charge in [-0.15, -0.1) is 0 Å². The van der Waals surface area contributed by atoms with Crippen molar-refractivity contribution in [1.29, 1.82) is 0 Å². The molecule has 0 atom stereocenters. The maximum absolute atomic E-state index is 8.66. The first-order valence-corrected chi connectivity index (χ1v) is 9.32. The normalized spacial score (nSPS) is 10.5. The van der Waals surface area contributed by atoms with E-state index in [1.54, 1.807) is 0 Å². The molecule has 0 radical (unpaired) electrons. The number of rotatable bonds is 15. The Morgan fingerprint density at radius 2 is 1.04 bits per heavy atom. The van der Waals surface area contributed by atoms with Crippen LogP contribution in [-0.4, -0.2) is 28.1 Å². The molecule has 0 amide bonds. The molecule has 4 nitrogen and oxygen atoms in total. The molecule has 0 aromatic heterocycles. The van der Waals surface area contributed by atoms with Gasteiger partial charge in [0, 0.05) is 6.61 Å². The Bertz CT molecular complexity index is 248. The van der Waals surface area contributed by atoms with Gasteiger partial charge in [-0.05, 0) is 32.1 Å². The van der Waals surface area contributed by atoms with E-state index in [4.69, 9.17) is 20.1 Å². The van der Waals surface area contributed by atoms with Crippen LogP contribution in [0.15, 0.2) is 12.2 Å². The van der Waals surface area contributed by atoms with Crippen LogP contribution in [0.5, 0.6) is 0 Å². The third-order valence-electron chi connectivity index (χ3n) is 3.67. The number of carbonyl (C=O) groups is 1. The van der Waals surface area contributed by atoms with E-state index >= 15 is 0 Å². The minimum atomic E-state index is -1.83. The van der Waals surface area contributed by atoms with Gasteiger partial charge in [-0.1, -0.05) is 76.9 Å². The summed E-state index contributed by atoms with van der Waals surface area (Å²) in [6, 6.07) is 0. The van der Waals surface area contributed by atoms with Crippen LogP contribution in [0.3, 0.4) is 0 Å². The molecule has 0 fully saturated rings. The van der Waals surface area contributed by atoms with Gasteiger partial charge in [0.05, 0.1) is 0 Å². The average molecular weight is 331 g/mol. The second-order valence-corrected chi connectivity index (χ2v) is 5.94. The van der Waals surface area contributed by atoms with Gasteiger partial charge in [-0.2, -0.15) is 0 Å². The molecule has 0 unspecified atom stereocenters. The molecular weight excluding hydrogens is 292 g/mol. The van der Waals surface area contributed by atoms with E-state index in [-0.39, 0.29) is 0 Å². The number of hydrogen-bond acceptors (Lipinski definition) is 2. The van der Waals surface area contributed by atoms with E-state index in [9.17, 15) is 0 Å². The molecule has 0 aliphatic rings. The number of hydrogen-bond donors (Lipinski definition) is 3. The van der Waals surface area contributed by atoms with Crippen molar-refractivity contribution in [3.8, 4) is 0 Å². The fourth-order valence-corrected chi connectivity index (χ4v) is 2.36. The molecule has 0 aromatic rings. The third kappa shape index (κ3) is 33.7. The predicted octanol–water partition coefficient (Wildman–Crippen LogP) is 6.24. The Kier molecular flexibility index (Phi) is 24.5. The summed E-state index contributed by atoms with van der Waals surface area (Å²) in [4.78, 5) is 8.56. The van der Waals surface area contributed by atoms with E-state index in [0.29, 0.717) is 6.61 Å². The molecule has 0 saturated carbocycles. The zero-order valence-corrected chi connectivity index (χ0v) is 15.0. The Labute approximate surface area is 142 Å². The van der Waals surface area contributed by atoms with Crippen LogP contribution in [0, 0.1) is 0 Å². The number of unbranched alkanes of at least 4 members (excludes halogenated alkanes) is 12. The molecule has 0 spiro atoms. The Morgan fingerprint density at radius 1 is 0.696 bits per heavy atom. The molecule has 0 heterocycles. The zero-order valence-electron chi connectivity index (χ0n) is 15.0. The lowest BCUT2D eigenvalue weighted by Gasteiger charge is -1.99. The summed E-state index contributed by atoms with van der Waals surface area (Å²) in [5.41, 5.74) is 0. The minimum absolute atomic E-state index is 0.362. The summed E-state index contributed by atoms with van der Waals surface area (Å²) in [7, 11) is 0. The highest BCUT2D eigenvalue weighted by molar-refractivity contribution is 5.53. The Hall–Kier alpha value is -1.03. The fourth-order valence-electron chi connectivity index (χ4n) is 2.36. The molecule has 0 aromatic carbocycles. The van der Waals surface area contributed by atoms with Crippen LogP contribution >= 0.6 is 0 Å². The van der Waals surface area contributed by atoms with Crippen molar-refractivity contribution in [3.05, 3.63) is 12.2 Å². The van der Waals surface area contributed by atoms with Gasteiger partial charge >= 0.3 is 6.16 Å². The molecule has 0 rings (SSSR count). The van der Waals surface area contributed by atoms with Crippen LogP contribution in [-0.2, 0) is 0 Å². The Morgan fingerprint density at radius 3 is 1.43 bits per heavy atom. The maximum atomic E-state index is 8.66. The number of aliphatic hydroxyl groups is 1. The fraction of sp³-hybridized carbons (Fsp3) is 0.842. The van der Waals surface area contributed by atoms with Crippen molar-refractivity contribution in [3.63, 3.8) is 0 Å². The van der Waals surface area contributed by atoms with Crippen molar-refractivity contribution in [2.45, 2.75) is 96.8 Å². The first kappa shape index (κ1) is 24.2. The van der Waals surface area contributed by atoms with Gasteiger partial charge in [0.1, 0.15) is 0 Å². The van der Waals surface area contributed by atoms with E-state index in [1.807, 2.05) is 0 Å². The lowest BCUT2D eigenvalue weighted by atomic mass is 10.1. The molecule has 0 bridgehead atoms. The van der Waals surface area contributed by atoms with Crippen molar-refractivity contribution >= 4 is 6.16 Å². The lowest BCUT2D eigenvalue weighted by Crippen LogP contribution is -1.83. The molecule has 4 heteroatoms. The second-order valence-electron chi connectivity index (χ2n) is 5.94. The minimum Gasteiger partial charge on any atom is -0.450 e. The third-order valence-corrected chi connectivity index (χ3v) is 3.67. The van der Waals surface area contributed by atoms with E-state index in [2.05, 4.69) is 19.1 Å².